The molecule has 1 aromatic rings. The molecule has 0 bridgehead atoms. The van der Waals surface area contributed by atoms with Crippen molar-refractivity contribution < 1.29 is 22.7 Å². The molecule has 0 N–H and O–H groups in total. The summed E-state index contributed by atoms with van der Waals surface area (Å²) >= 11 is 0. The third kappa shape index (κ3) is 2.05. The van der Waals surface area contributed by atoms with Gasteiger partial charge in [-0.3, -0.25) is 9.69 Å². The Morgan fingerprint density at radius 3 is 2.59 bits per heavy atom. The first kappa shape index (κ1) is 15.1. The molecule has 2 unspecified atom stereocenters. The molecule has 3 rings (SSSR count). The normalized spacial score (nSPS) is 28.0. The third-order valence-electron chi connectivity index (χ3n) is 4.65. The zero-order valence-corrected chi connectivity index (χ0v) is 12.2. The van der Waals surface area contributed by atoms with Gasteiger partial charge in [0, 0.05) is 12.6 Å². The van der Waals surface area contributed by atoms with Crippen molar-refractivity contribution in [1.29, 1.82) is 0 Å². The van der Waals surface area contributed by atoms with E-state index in [1.165, 1.54) is 7.11 Å². The molecule has 6 heteroatoms. The first-order valence-electron chi connectivity index (χ1n) is 7.05. The fourth-order valence-corrected chi connectivity index (χ4v) is 3.73. The molecule has 2 aliphatic heterocycles. The number of ether oxygens (including phenoxy) is 1. The summed E-state index contributed by atoms with van der Waals surface area (Å²) in [5.74, 6) is -4.28. The Morgan fingerprint density at radius 1 is 1.36 bits per heavy atom. The third-order valence-corrected chi connectivity index (χ3v) is 4.65. The Hall–Kier alpha value is -1.82. The molecule has 22 heavy (non-hydrogen) atoms. The molecule has 2 fully saturated rings. The number of esters is 1. The summed E-state index contributed by atoms with van der Waals surface area (Å²) in [5, 5.41) is 0. The van der Waals surface area contributed by atoms with E-state index >= 15 is 0 Å². The van der Waals surface area contributed by atoms with Crippen LogP contribution in [0.25, 0.3) is 0 Å². The van der Waals surface area contributed by atoms with E-state index < -0.39 is 23.0 Å². The number of carbonyl (C=O) groups excluding carboxylic acids is 1. The molecule has 118 valence electrons. The molecule has 0 saturated carbocycles. The van der Waals surface area contributed by atoms with Gasteiger partial charge in [0.05, 0.1) is 7.11 Å². The molecule has 0 aliphatic carbocycles. The second-order valence-electron chi connectivity index (χ2n) is 5.93. The fraction of sp³-hybridized carbons (Fsp3) is 0.438. The summed E-state index contributed by atoms with van der Waals surface area (Å²) in [6.07, 6.45) is 1.54. The number of fused-ring (bicyclic) bond motifs is 1. The molecule has 2 saturated heterocycles. The standard InChI is InChI=1S/C16H16F3NO2/c1-9-7-16(15(21)22-2)4-3-13(20(16)8-9)10-5-11(17)14(19)12(18)6-10/h5-6,13H,1,3-4,7-8H2,2H3. The monoisotopic (exact) mass is 311 g/mol. The van der Waals surface area contributed by atoms with Crippen LogP contribution in [0.4, 0.5) is 13.2 Å². The van der Waals surface area contributed by atoms with Crippen molar-refractivity contribution >= 4 is 5.97 Å². The van der Waals surface area contributed by atoms with Gasteiger partial charge in [-0.2, -0.15) is 0 Å². The Labute approximate surface area is 126 Å². The Balaban J connectivity index is 2.01. The van der Waals surface area contributed by atoms with Gasteiger partial charge < -0.3 is 4.74 Å². The lowest BCUT2D eigenvalue weighted by atomic mass is 9.93. The molecule has 2 atom stereocenters. The number of benzene rings is 1. The highest BCUT2D eigenvalue weighted by molar-refractivity contribution is 5.82. The van der Waals surface area contributed by atoms with Crippen LogP contribution in [0.1, 0.15) is 30.9 Å². The minimum Gasteiger partial charge on any atom is -0.468 e. The number of nitrogens with zero attached hydrogens (tertiary/aromatic N) is 1. The Bertz CT molecular complexity index is 638. The van der Waals surface area contributed by atoms with E-state index in [0.29, 0.717) is 31.4 Å². The second-order valence-corrected chi connectivity index (χ2v) is 5.93. The summed E-state index contributed by atoms with van der Waals surface area (Å²) < 4.78 is 45.0. The van der Waals surface area contributed by atoms with Gasteiger partial charge in [0.25, 0.3) is 0 Å². The van der Waals surface area contributed by atoms with Gasteiger partial charge in [-0.05, 0) is 37.0 Å². The largest absolute Gasteiger partial charge is 0.468 e. The van der Waals surface area contributed by atoms with Crippen LogP contribution in [0.5, 0.6) is 0 Å². The molecular formula is C16H16F3NO2. The van der Waals surface area contributed by atoms with Crippen molar-refractivity contribution in [2.24, 2.45) is 0 Å². The van der Waals surface area contributed by atoms with Gasteiger partial charge in [-0.25, -0.2) is 13.2 Å². The van der Waals surface area contributed by atoms with E-state index in [1.54, 1.807) is 0 Å². The van der Waals surface area contributed by atoms with Gasteiger partial charge in [-0.1, -0.05) is 12.2 Å². The Kier molecular flexibility index (Phi) is 3.51. The van der Waals surface area contributed by atoms with E-state index in [1.807, 2.05) is 4.90 Å². The van der Waals surface area contributed by atoms with Crippen LogP contribution < -0.4 is 0 Å². The van der Waals surface area contributed by atoms with E-state index in [2.05, 4.69) is 6.58 Å². The second kappa shape index (κ2) is 5.12. The van der Waals surface area contributed by atoms with Crippen LogP contribution in [0.15, 0.2) is 24.3 Å². The molecule has 1 aromatic carbocycles. The maximum atomic E-state index is 13.5. The zero-order chi connectivity index (χ0) is 16.1. The predicted molar refractivity (Wildman–Crippen MR) is 73.5 cm³/mol. The number of rotatable bonds is 2. The van der Waals surface area contributed by atoms with Gasteiger partial charge in [0.15, 0.2) is 17.5 Å². The van der Waals surface area contributed by atoms with Crippen LogP contribution in [0.2, 0.25) is 0 Å². The highest BCUT2D eigenvalue weighted by Gasteiger charge is 2.56. The van der Waals surface area contributed by atoms with E-state index in [4.69, 9.17) is 4.74 Å². The van der Waals surface area contributed by atoms with Crippen molar-refractivity contribution in [3.05, 3.63) is 47.3 Å². The molecule has 0 radical (unpaired) electrons. The number of halogens is 3. The Morgan fingerprint density at radius 2 is 2.00 bits per heavy atom. The number of hydrogen-bond donors (Lipinski definition) is 0. The molecule has 0 aromatic heterocycles. The van der Waals surface area contributed by atoms with Crippen molar-refractivity contribution in [2.45, 2.75) is 30.8 Å². The summed E-state index contributed by atoms with van der Waals surface area (Å²) in [4.78, 5) is 14.1. The minimum atomic E-state index is -1.48. The van der Waals surface area contributed by atoms with E-state index in [9.17, 15) is 18.0 Å². The minimum absolute atomic E-state index is 0.330. The summed E-state index contributed by atoms with van der Waals surface area (Å²) in [6, 6.07) is 1.64. The summed E-state index contributed by atoms with van der Waals surface area (Å²) in [5.41, 5.74) is 0.382. The van der Waals surface area contributed by atoms with Crippen LogP contribution >= 0.6 is 0 Å². The van der Waals surface area contributed by atoms with Crippen molar-refractivity contribution in [2.75, 3.05) is 13.7 Å². The molecule has 3 nitrogen and oxygen atoms in total. The van der Waals surface area contributed by atoms with Crippen molar-refractivity contribution in [3.8, 4) is 0 Å². The maximum absolute atomic E-state index is 13.5. The highest BCUT2D eigenvalue weighted by Crippen LogP contribution is 2.50. The van der Waals surface area contributed by atoms with Crippen molar-refractivity contribution in [1.82, 2.24) is 4.90 Å². The van der Waals surface area contributed by atoms with Gasteiger partial charge in [0.1, 0.15) is 5.54 Å². The topological polar surface area (TPSA) is 29.5 Å². The van der Waals surface area contributed by atoms with Gasteiger partial charge in [0.2, 0.25) is 0 Å². The zero-order valence-electron chi connectivity index (χ0n) is 12.2. The lowest BCUT2D eigenvalue weighted by molar-refractivity contribution is -0.152. The lowest BCUT2D eigenvalue weighted by Gasteiger charge is -2.32. The maximum Gasteiger partial charge on any atom is 0.326 e. The van der Waals surface area contributed by atoms with Crippen LogP contribution in [0, 0.1) is 17.5 Å². The molecular weight excluding hydrogens is 295 g/mol. The van der Waals surface area contributed by atoms with E-state index in [-0.39, 0.29) is 12.0 Å². The predicted octanol–water partition coefficient (Wildman–Crippen LogP) is 3.11. The number of methoxy groups -OCH3 is 1. The highest BCUT2D eigenvalue weighted by atomic mass is 19.2. The quantitative estimate of drug-likeness (QED) is 0.477. The first-order chi connectivity index (χ1) is 10.4. The number of carbonyl (C=O) groups is 1. The first-order valence-corrected chi connectivity index (χ1v) is 7.05. The van der Waals surface area contributed by atoms with Crippen LogP contribution in [-0.4, -0.2) is 30.1 Å². The molecule has 0 spiro atoms. The average molecular weight is 311 g/mol. The molecule has 2 heterocycles. The van der Waals surface area contributed by atoms with Gasteiger partial charge in [-0.15, -0.1) is 0 Å². The number of hydrogen-bond acceptors (Lipinski definition) is 3. The summed E-state index contributed by atoms with van der Waals surface area (Å²) in [6.45, 7) is 4.38. The smallest absolute Gasteiger partial charge is 0.326 e. The van der Waals surface area contributed by atoms with Gasteiger partial charge >= 0.3 is 5.97 Å². The lowest BCUT2D eigenvalue weighted by Crippen LogP contribution is -2.47. The molecule has 2 aliphatic rings. The average Bonchev–Trinajstić information content (AvgIpc) is 2.98. The van der Waals surface area contributed by atoms with Crippen molar-refractivity contribution in [3.63, 3.8) is 0 Å². The van der Waals surface area contributed by atoms with E-state index in [0.717, 1.165) is 17.7 Å². The summed E-state index contributed by atoms with van der Waals surface area (Å²) in [7, 11) is 1.32. The fourth-order valence-electron chi connectivity index (χ4n) is 3.73. The SMILES string of the molecule is C=C1CN2C(c3cc(F)c(F)c(F)c3)CCC2(C(=O)OC)C1. The molecule has 0 amide bonds. The van der Waals surface area contributed by atoms with Crippen LogP contribution in [0.3, 0.4) is 0 Å². The van der Waals surface area contributed by atoms with Crippen LogP contribution in [-0.2, 0) is 9.53 Å².